The molecule has 4 heteroatoms. The molecule has 1 aromatic carbocycles. The minimum absolute atomic E-state index is 0.0614. The summed E-state index contributed by atoms with van der Waals surface area (Å²) in [6, 6.07) is 5.72. The van der Waals surface area contributed by atoms with Crippen LogP contribution in [0.4, 0.5) is 0 Å². The summed E-state index contributed by atoms with van der Waals surface area (Å²) in [6.07, 6.45) is 3.59. The fourth-order valence-electron chi connectivity index (χ4n) is 2.96. The monoisotopic (exact) mass is 279 g/mol. The van der Waals surface area contributed by atoms with Gasteiger partial charge in [-0.2, -0.15) is 0 Å². The first kappa shape index (κ1) is 15.1. The third-order valence-corrected chi connectivity index (χ3v) is 4.02. The van der Waals surface area contributed by atoms with Gasteiger partial charge in [-0.3, -0.25) is 0 Å². The van der Waals surface area contributed by atoms with Gasteiger partial charge in [0, 0.05) is 12.6 Å². The van der Waals surface area contributed by atoms with Crippen LogP contribution in [0.2, 0.25) is 0 Å². The molecule has 1 aliphatic rings. The highest BCUT2D eigenvalue weighted by Gasteiger charge is 2.32. The first-order chi connectivity index (χ1) is 9.69. The molecule has 4 nitrogen and oxygen atoms in total. The van der Waals surface area contributed by atoms with Crippen LogP contribution in [0.1, 0.15) is 37.8 Å². The van der Waals surface area contributed by atoms with Gasteiger partial charge < -0.3 is 19.9 Å². The minimum Gasteiger partial charge on any atom is -0.496 e. The highest BCUT2D eigenvalue weighted by atomic mass is 16.5. The van der Waals surface area contributed by atoms with Crippen molar-refractivity contribution in [3.05, 3.63) is 23.8 Å². The Morgan fingerprint density at radius 3 is 2.30 bits per heavy atom. The van der Waals surface area contributed by atoms with Crippen molar-refractivity contribution in [3.8, 4) is 11.5 Å². The van der Waals surface area contributed by atoms with E-state index >= 15 is 0 Å². The van der Waals surface area contributed by atoms with Gasteiger partial charge in [-0.15, -0.1) is 0 Å². The summed E-state index contributed by atoms with van der Waals surface area (Å²) in [5, 5.41) is 0. The lowest BCUT2D eigenvalue weighted by molar-refractivity contribution is -0.0282. The SMILES string of the molecule is CCOC1CC(CC(N)c2c(OC)cccc2OC)C1. The molecule has 1 aliphatic carbocycles. The Labute approximate surface area is 121 Å². The molecule has 2 rings (SSSR count). The second-order valence-electron chi connectivity index (χ2n) is 5.33. The first-order valence-electron chi connectivity index (χ1n) is 7.27. The zero-order chi connectivity index (χ0) is 14.5. The van der Waals surface area contributed by atoms with Crippen LogP contribution in [0.5, 0.6) is 11.5 Å². The van der Waals surface area contributed by atoms with Crippen LogP contribution in [0.25, 0.3) is 0 Å². The first-order valence-corrected chi connectivity index (χ1v) is 7.27. The molecule has 1 unspecified atom stereocenters. The van der Waals surface area contributed by atoms with E-state index in [-0.39, 0.29) is 6.04 Å². The van der Waals surface area contributed by atoms with Crippen molar-refractivity contribution >= 4 is 0 Å². The van der Waals surface area contributed by atoms with Gasteiger partial charge in [0.1, 0.15) is 11.5 Å². The van der Waals surface area contributed by atoms with E-state index in [0.29, 0.717) is 12.0 Å². The van der Waals surface area contributed by atoms with Crippen molar-refractivity contribution in [1.82, 2.24) is 0 Å². The van der Waals surface area contributed by atoms with Gasteiger partial charge >= 0.3 is 0 Å². The van der Waals surface area contributed by atoms with Gasteiger partial charge in [-0.25, -0.2) is 0 Å². The average molecular weight is 279 g/mol. The lowest BCUT2D eigenvalue weighted by Crippen LogP contribution is -2.33. The number of nitrogens with two attached hydrogens (primary N) is 1. The molecule has 1 saturated carbocycles. The summed E-state index contributed by atoms with van der Waals surface area (Å²) in [5.41, 5.74) is 7.35. The van der Waals surface area contributed by atoms with Crippen LogP contribution in [-0.4, -0.2) is 26.9 Å². The molecule has 1 atom stereocenters. The predicted molar refractivity (Wildman–Crippen MR) is 79.2 cm³/mol. The molecule has 1 fully saturated rings. The molecule has 2 N–H and O–H groups in total. The molecule has 112 valence electrons. The molecule has 0 bridgehead atoms. The van der Waals surface area contributed by atoms with Crippen molar-refractivity contribution in [2.24, 2.45) is 11.7 Å². The van der Waals surface area contributed by atoms with Gasteiger partial charge in [0.05, 0.1) is 25.9 Å². The standard InChI is InChI=1S/C16H25NO3/c1-4-20-12-8-11(9-12)10-13(17)16-14(18-2)6-5-7-15(16)19-3/h5-7,11-13H,4,8-10,17H2,1-3H3. The molecule has 0 saturated heterocycles. The van der Waals surface area contributed by atoms with E-state index in [1.807, 2.05) is 25.1 Å². The topological polar surface area (TPSA) is 53.7 Å². The third kappa shape index (κ3) is 3.25. The summed E-state index contributed by atoms with van der Waals surface area (Å²) < 4.78 is 16.4. The third-order valence-electron chi connectivity index (χ3n) is 4.02. The number of methoxy groups -OCH3 is 2. The van der Waals surface area contributed by atoms with Crippen molar-refractivity contribution in [2.75, 3.05) is 20.8 Å². The number of hydrogen-bond acceptors (Lipinski definition) is 4. The maximum atomic E-state index is 6.38. The average Bonchev–Trinajstić information content (AvgIpc) is 2.43. The van der Waals surface area contributed by atoms with Crippen LogP contribution < -0.4 is 15.2 Å². The van der Waals surface area contributed by atoms with E-state index in [2.05, 4.69) is 0 Å². The zero-order valence-corrected chi connectivity index (χ0v) is 12.6. The van der Waals surface area contributed by atoms with E-state index in [0.717, 1.165) is 42.9 Å². The Hall–Kier alpha value is -1.26. The normalized spacial score (nSPS) is 23.0. The highest BCUT2D eigenvalue weighted by Crippen LogP contribution is 2.40. The summed E-state index contributed by atoms with van der Waals surface area (Å²) in [5.74, 6) is 2.24. The van der Waals surface area contributed by atoms with Crippen LogP contribution in [0.3, 0.4) is 0 Å². The highest BCUT2D eigenvalue weighted by molar-refractivity contribution is 5.46. The zero-order valence-electron chi connectivity index (χ0n) is 12.6. The molecule has 1 aromatic rings. The van der Waals surface area contributed by atoms with Gasteiger partial charge in [0.15, 0.2) is 0 Å². The molecule has 20 heavy (non-hydrogen) atoms. The molecule has 0 spiro atoms. The summed E-state index contributed by atoms with van der Waals surface area (Å²) in [7, 11) is 3.33. The van der Waals surface area contributed by atoms with Crippen molar-refractivity contribution < 1.29 is 14.2 Å². The van der Waals surface area contributed by atoms with E-state index in [1.54, 1.807) is 14.2 Å². The van der Waals surface area contributed by atoms with Crippen LogP contribution >= 0.6 is 0 Å². The smallest absolute Gasteiger partial charge is 0.127 e. The Morgan fingerprint density at radius 1 is 1.20 bits per heavy atom. The Balaban J connectivity index is 2.00. The van der Waals surface area contributed by atoms with Crippen molar-refractivity contribution in [2.45, 2.75) is 38.3 Å². The number of benzene rings is 1. The predicted octanol–water partition coefficient (Wildman–Crippen LogP) is 2.91. The van der Waals surface area contributed by atoms with Crippen molar-refractivity contribution in [1.29, 1.82) is 0 Å². The van der Waals surface area contributed by atoms with E-state index < -0.39 is 0 Å². The minimum atomic E-state index is -0.0614. The van der Waals surface area contributed by atoms with Gasteiger partial charge in [-0.05, 0) is 44.2 Å². The second-order valence-corrected chi connectivity index (χ2v) is 5.33. The fourth-order valence-corrected chi connectivity index (χ4v) is 2.96. The van der Waals surface area contributed by atoms with Gasteiger partial charge in [-0.1, -0.05) is 6.07 Å². The lowest BCUT2D eigenvalue weighted by atomic mass is 9.77. The molecular weight excluding hydrogens is 254 g/mol. The Morgan fingerprint density at radius 2 is 1.80 bits per heavy atom. The Bertz CT molecular complexity index is 407. The summed E-state index contributed by atoms with van der Waals surface area (Å²) in [6.45, 7) is 2.84. The van der Waals surface area contributed by atoms with E-state index in [1.165, 1.54) is 0 Å². The van der Waals surface area contributed by atoms with Crippen LogP contribution in [0, 0.1) is 5.92 Å². The summed E-state index contributed by atoms with van der Waals surface area (Å²) in [4.78, 5) is 0. The van der Waals surface area contributed by atoms with Gasteiger partial charge in [0.25, 0.3) is 0 Å². The fraction of sp³-hybridized carbons (Fsp3) is 0.625. The van der Waals surface area contributed by atoms with E-state index in [4.69, 9.17) is 19.9 Å². The number of rotatable bonds is 7. The molecule has 0 aliphatic heterocycles. The molecule has 0 heterocycles. The molecular formula is C16H25NO3. The molecule has 0 aromatic heterocycles. The van der Waals surface area contributed by atoms with Crippen LogP contribution in [0.15, 0.2) is 18.2 Å². The number of ether oxygens (including phenoxy) is 3. The lowest BCUT2D eigenvalue weighted by Gasteiger charge is -2.36. The van der Waals surface area contributed by atoms with Gasteiger partial charge in [0.2, 0.25) is 0 Å². The summed E-state index contributed by atoms with van der Waals surface area (Å²) >= 11 is 0. The quantitative estimate of drug-likeness (QED) is 0.834. The molecule has 0 radical (unpaired) electrons. The van der Waals surface area contributed by atoms with Crippen LogP contribution in [-0.2, 0) is 4.74 Å². The maximum Gasteiger partial charge on any atom is 0.127 e. The maximum absolute atomic E-state index is 6.38. The van der Waals surface area contributed by atoms with E-state index in [9.17, 15) is 0 Å². The number of hydrogen-bond donors (Lipinski definition) is 1. The van der Waals surface area contributed by atoms with Crippen molar-refractivity contribution in [3.63, 3.8) is 0 Å². The molecule has 0 amide bonds. The largest absolute Gasteiger partial charge is 0.496 e. The Kier molecular flexibility index (Phi) is 5.26. The second kappa shape index (κ2) is 6.95.